The fourth-order valence-corrected chi connectivity index (χ4v) is 2.56. The number of rotatable bonds is 4. The molecule has 0 spiro atoms. The van der Waals surface area contributed by atoms with Gasteiger partial charge in [-0.05, 0) is 42.8 Å². The highest BCUT2D eigenvalue weighted by Crippen LogP contribution is 2.36. The second-order valence-electron chi connectivity index (χ2n) is 5.27. The van der Waals surface area contributed by atoms with Crippen molar-refractivity contribution in [2.75, 3.05) is 13.7 Å². The van der Waals surface area contributed by atoms with Gasteiger partial charge in [0, 0.05) is 5.39 Å². The van der Waals surface area contributed by atoms with E-state index in [0.29, 0.717) is 22.3 Å². The van der Waals surface area contributed by atoms with Gasteiger partial charge in [0.1, 0.15) is 22.6 Å². The predicted molar refractivity (Wildman–Crippen MR) is 92.1 cm³/mol. The molecule has 0 unspecified atom stereocenters. The molecule has 1 aromatic heterocycles. The average Bonchev–Trinajstić information content (AvgIpc) is 2.61. The van der Waals surface area contributed by atoms with E-state index in [4.69, 9.17) is 13.9 Å². The number of ether oxygens (including phenoxy) is 2. The Kier molecular flexibility index (Phi) is 4.43. The van der Waals surface area contributed by atoms with E-state index >= 15 is 0 Å². The van der Waals surface area contributed by atoms with Crippen LogP contribution in [0.1, 0.15) is 17.3 Å². The minimum Gasteiger partial charge on any atom is -0.507 e. The molecule has 0 fully saturated rings. The van der Waals surface area contributed by atoms with Crippen LogP contribution in [0.25, 0.3) is 22.1 Å². The van der Waals surface area contributed by atoms with Crippen molar-refractivity contribution in [3.8, 4) is 22.6 Å². The van der Waals surface area contributed by atoms with E-state index in [2.05, 4.69) is 0 Å². The first-order valence-electron chi connectivity index (χ1n) is 7.66. The Labute approximate surface area is 143 Å². The molecule has 0 radical (unpaired) electrons. The van der Waals surface area contributed by atoms with Crippen molar-refractivity contribution in [1.29, 1.82) is 0 Å². The fraction of sp³-hybridized carbons (Fsp3) is 0.158. The Balaban J connectivity index is 2.21. The number of hydrogen-bond donors (Lipinski definition) is 1. The SMILES string of the molecule is CCOC(=O)c1cc2ccc(O)c(-c3ccc(OC)cc3)c2oc1=O. The van der Waals surface area contributed by atoms with Gasteiger partial charge < -0.3 is 19.0 Å². The molecule has 0 aliphatic carbocycles. The summed E-state index contributed by atoms with van der Waals surface area (Å²) in [4.78, 5) is 24.0. The number of carbonyl (C=O) groups excluding carboxylic acids is 1. The Morgan fingerprint density at radius 2 is 1.88 bits per heavy atom. The first-order chi connectivity index (χ1) is 12.0. The zero-order valence-corrected chi connectivity index (χ0v) is 13.7. The number of phenols is 1. The van der Waals surface area contributed by atoms with E-state index in [1.54, 1.807) is 44.4 Å². The van der Waals surface area contributed by atoms with Gasteiger partial charge in [-0.1, -0.05) is 12.1 Å². The van der Waals surface area contributed by atoms with Crippen LogP contribution in [0.2, 0.25) is 0 Å². The molecule has 0 aliphatic heterocycles. The Bertz CT molecular complexity index is 985. The van der Waals surface area contributed by atoms with Gasteiger partial charge in [-0.15, -0.1) is 0 Å². The number of aromatic hydroxyl groups is 1. The van der Waals surface area contributed by atoms with Crippen LogP contribution in [-0.4, -0.2) is 24.8 Å². The number of carbonyl (C=O) groups is 1. The molecule has 6 nitrogen and oxygen atoms in total. The molecule has 25 heavy (non-hydrogen) atoms. The minimum atomic E-state index is -0.814. The van der Waals surface area contributed by atoms with E-state index in [-0.39, 0.29) is 23.5 Å². The van der Waals surface area contributed by atoms with Gasteiger partial charge in [0.2, 0.25) is 0 Å². The minimum absolute atomic E-state index is 0.0373. The molecule has 0 saturated carbocycles. The third-order valence-corrected chi connectivity index (χ3v) is 3.75. The summed E-state index contributed by atoms with van der Waals surface area (Å²) in [5.74, 6) is -0.114. The van der Waals surface area contributed by atoms with E-state index in [1.807, 2.05) is 0 Å². The molecule has 128 valence electrons. The first-order valence-corrected chi connectivity index (χ1v) is 7.66. The highest BCUT2D eigenvalue weighted by Gasteiger charge is 2.18. The van der Waals surface area contributed by atoms with Crippen molar-refractivity contribution in [2.45, 2.75) is 6.92 Å². The van der Waals surface area contributed by atoms with Crippen molar-refractivity contribution >= 4 is 16.9 Å². The lowest BCUT2D eigenvalue weighted by molar-refractivity contribution is 0.0522. The van der Waals surface area contributed by atoms with Crippen LogP contribution in [0.15, 0.2) is 51.7 Å². The number of fused-ring (bicyclic) bond motifs is 1. The maximum atomic E-state index is 12.2. The van der Waals surface area contributed by atoms with Crippen LogP contribution in [-0.2, 0) is 4.74 Å². The number of phenolic OH excluding ortho intramolecular Hbond substituents is 1. The monoisotopic (exact) mass is 340 g/mol. The van der Waals surface area contributed by atoms with Gasteiger partial charge in [-0.2, -0.15) is 0 Å². The summed E-state index contributed by atoms with van der Waals surface area (Å²) < 4.78 is 15.3. The standard InChI is InChI=1S/C19H16O6/c1-3-24-18(21)14-10-12-6-9-15(20)16(17(12)25-19(14)22)11-4-7-13(23-2)8-5-11/h4-10,20H,3H2,1-2H3. The van der Waals surface area contributed by atoms with Crippen LogP contribution in [0.3, 0.4) is 0 Å². The zero-order chi connectivity index (χ0) is 18.0. The third-order valence-electron chi connectivity index (χ3n) is 3.75. The summed E-state index contributed by atoms with van der Waals surface area (Å²) in [5.41, 5.74) is 0.221. The van der Waals surface area contributed by atoms with Crippen molar-refractivity contribution in [1.82, 2.24) is 0 Å². The maximum Gasteiger partial charge on any atom is 0.351 e. The molecule has 6 heteroatoms. The normalized spacial score (nSPS) is 10.6. The molecule has 0 atom stereocenters. The Hall–Kier alpha value is -3.28. The van der Waals surface area contributed by atoms with Crippen LogP contribution >= 0.6 is 0 Å². The van der Waals surface area contributed by atoms with Gasteiger partial charge in [-0.25, -0.2) is 9.59 Å². The summed E-state index contributed by atoms with van der Waals surface area (Å²) >= 11 is 0. The molecule has 0 saturated heterocycles. The zero-order valence-electron chi connectivity index (χ0n) is 13.7. The van der Waals surface area contributed by atoms with Crippen molar-refractivity contribution in [3.05, 3.63) is 58.4 Å². The highest BCUT2D eigenvalue weighted by molar-refractivity contribution is 5.99. The van der Waals surface area contributed by atoms with Gasteiger partial charge in [0.05, 0.1) is 19.3 Å². The second-order valence-corrected chi connectivity index (χ2v) is 5.27. The van der Waals surface area contributed by atoms with E-state index in [1.165, 1.54) is 12.1 Å². The van der Waals surface area contributed by atoms with Crippen LogP contribution in [0.4, 0.5) is 0 Å². The molecule has 0 amide bonds. The molecule has 1 N–H and O–H groups in total. The molecule has 3 aromatic rings. The molecule has 3 rings (SSSR count). The Morgan fingerprint density at radius 3 is 2.52 bits per heavy atom. The molecule has 0 aliphatic rings. The van der Waals surface area contributed by atoms with Crippen molar-refractivity contribution < 1.29 is 23.8 Å². The van der Waals surface area contributed by atoms with Crippen LogP contribution < -0.4 is 10.4 Å². The molecule has 1 heterocycles. The van der Waals surface area contributed by atoms with Gasteiger partial charge in [-0.3, -0.25) is 0 Å². The largest absolute Gasteiger partial charge is 0.507 e. The number of hydrogen-bond acceptors (Lipinski definition) is 6. The number of methoxy groups -OCH3 is 1. The smallest absolute Gasteiger partial charge is 0.351 e. The summed E-state index contributed by atoms with van der Waals surface area (Å²) in [6, 6.07) is 11.4. The first kappa shape index (κ1) is 16.6. The predicted octanol–water partition coefficient (Wildman–Crippen LogP) is 3.35. The van der Waals surface area contributed by atoms with Gasteiger partial charge in [0.15, 0.2) is 0 Å². The summed E-state index contributed by atoms with van der Waals surface area (Å²) in [5, 5.41) is 10.8. The lowest BCUT2D eigenvalue weighted by atomic mass is 10.0. The molecular weight excluding hydrogens is 324 g/mol. The quantitative estimate of drug-likeness (QED) is 0.579. The van der Waals surface area contributed by atoms with E-state index in [9.17, 15) is 14.7 Å². The van der Waals surface area contributed by atoms with Crippen LogP contribution in [0.5, 0.6) is 11.5 Å². The molecule has 2 aromatic carbocycles. The second kappa shape index (κ2) is 6.68. The summed E-state index contributed by atoms with van der Waals surface area (Å²) in [6.07, 6.45) is 0. The van der Waals surface area contributed by atoms with Crippen LogP contribution in [0, 0.1) is 0 Å². The Morgan fingerprint density at radius 1 is 1.16 bits per heavy atom. The van der Waals surface area contributed by atoms with Crippen molar-refractivity contribution in [2.24, 2.45) is 0 Å². The lowest BCUT2D eigenvalue weighted by Gasteiger charge is -2.10. The average molecular weight is 340 g/mol. The molecule has 0 bridgehead atoms. The highest BCUT2D eigenvalue weighted by atomic mass is 16.5. The van der Waals surface area contributed by atoms with E-state index in [0.717, 1.165) is 0 Å². The van der Waals surface area contributed by atoms with E-state index < -0.39 is 11.6 Å². The molecular formula is C19H16O6. The number of esters is 1. The van der Waals surface area contributed by atoms with Gasteiger partial charge >= 0.3 is 11.6 Å². The topological polar surface area (TPSA) is 86.0 Å². The fourth-order valence-electron chi connectivity index (χ4n) is 2.56. The third kappa shape index (κ3) is 3.06. The van der Waals surface area contributed by atoms with Gasteiger partial charge in [0.25, 0.3) is 0 Å². The lowest BCUT2D eigenvalue weighted by Crippen LogP contribution is -2.16. The summed E-state index contributed by atoms with van der Waals surface area (Å²) in [7, 11) is 1.56. The number of benzene rings is 2. The summed E-state index contributed by atoms with van der Waals surface area (Å²) in [6.45, 7) is 1.81. The maximum absolute atomic E-state index is 12.2. The van der Waals surface area contributed by atoms with Crippen molar-refractivity contribution in [3.63, 3.8) is 0 Å².